The summed E-state index contributed by atoms with van der Waals surface area (Å²) in [5, 5.41) is 14.3. The van der Waals surface area contributed by atoms with Crippen LogP contribution in [-0.4, -0.2) is 33.9 Å². The minimum absolute atomic E-state index is 0.0644. The SMILES string of the molecule is COC(=O)[C@@H](C)Oc1cnn(C)c1[N+](=O)[O-]. The zero-order valence-electron chi connectivity index (χ0n) is 9.04. The number of hydrogen-bond acceptors (Lipinski definition) is 6. The van der Waals surface area contributed by atoms with Crippen LogP contribution in [0.5, 0.6) is 5.75 Å². The highest BCUT2D eigenvalue weighted by atomic mass is 16.6. The first kappa shape index (κ1) is 12.0. The zero-order valence-corrected chi connectivity index (χ0v) is 9.04. The monoisotopic (exact) mass is 229 g/mol. The molecule has 8 nitrogen and oxygen atoms in total. The molecule has 0 spiro atoms. The standard InChI is InChI=1S/C8H11N3O5/c1-5(8(12)15-3)16-6-4-9-10(2)7(6)11(13)14/h4-5H,1-3H3/t5-/m1/s1. The van der Waals surface area contributed by atoms with Crippen LogP contribution in [0.2, 0.25) is 0 Å². The summed E-state index contributed by atoms with van der Waals surface area (Å²) in [6, 6.07) is 0. The number of aromatic nitrogens is 2. The average Bonchev–Trinajstić information content (AvgIpc) is 2.58. The maximum Gasteiger partial charge on any atom is 0.387 e. The summed E-state index contributed by atoms with van der Waals surface area (Å²) >= 11 is 0. The molecule has 0 saturated carbocycles. The molecule has 0 radical (unpaired) electrons. The molecule has 16 heavy (non-hydrogen) atoms. The quantitative estimate of drug-likeness (QED) is 0.417. The van der Waals surface area contributed by atoms with E-state index in [0.29, 0.717) is 0 Å². The van der Waals surface area contributed by atoms with E-state index in [9.17, 15) is 14.9 Å². The van der Waals surface area contributed by atoms with Crippen LogP contribution < -0.4 is 4.74 Å². The Labute approximate surface area is 90.9 Å². The summed E-state index contributed by atoms with van der Waals surface area (Å²) in [5.41, 5.74) is 0. The van der Waals surface area contributed by atoms with Gasteiger partial charge >= 0.3 is 11.8 Å². The number of carbonyl (C=O) groups is 1. The van der Waals surface area contributed by atoms with E-state index >= 15 is 0 Å². The molecule has 1 aromatic rings. The Morgan fingerprint density at radius 1 is 1.69 bits per heavy atom. The lowest BCUT2D eigenvalue weighted by Crippen LogP contribution is -2.25. The molecule has 0 unspecified atom stereocenters. The van der Waals surface area contributed by atoms with E-state index in [-0.39, 0.29) is 11.6 Å². The molecule has 0 fully saturated rings. The number of hydrogen-bond donors (Lipinski definition) is 0. The highest BCUT2D eigenvalue weighted by Gasteiger charge is 2.25. The molecule has 8 heteroatoms. The number of methoxy groups -OCH3 is 1. The normalized spacial score (nSPS) is 11.9. The van der Waals surface area contributed by atoms with Crippen LogP contribution >= 0.6 is 0 Å². The van der Waals surface area contributed by atoms with Crippen molar-refractivity contribution in [1.29, 1.82) is 0 Å². The van der Waals surface area contributed by atoms with Gasteiger partial charge in [-0.15, -0.1) is 4.68 Å². The van der Waals surface area contributed by atoms with E-state index in [0.717, 1.165) is 4.68 Å². The fraction of sp³-hybridized carbons (Fsp3) is 0.500. The molecule has 0 bridgehead atoms. The van der Waals surface area contributed by atoms with Crippen molar-refractivity contribution in [2.75, 3.05) is 7.11 Å². The summed E-state index contributed by atoms with van der Waals surface area (Å²) in [7, 11) is 2.62. The van der Waals surface area contributed by atoms with Gasteiger partial charge in [0.25, 0.3) is 0 Å². The predicted octanol–water partition coefficient (Wildman–Crippen LogP) is 0.269. The van der Waals surface area contributed by atoms with Crippen molar-refractivity contribution in [3.63, 3.8) is 0 Å². The van der Waals surface area contributed by atoms with Crippen molar-refractivity contribution in [3.05, 3.63) is 16.3 Å². The zero-order chi connectivity index (χ0) is 12.3. The molecular weight excluding hydrogens is 218 g/mol. The van der Waals surface area contributed by atoms with Crippen LogP contribution in [0.25, 0.3) is 0 Å². The van der Waals surface area contributed by atoms with Gasteiger partial charge in [0.05, 0.1) is 7.11 Å². The van der Waals surface area contributed by atoms with E-state index in [2.05, 4.69) is 9.84 Å². The first-order chi connectivity index (χ1) is 7.47. The average molecular weight is 229 g/mol. The van der Waals surface area contributed by atoms with E-state index in [1.807, 2.05) is 0 Å². The highest BCUT2D eigenvalue weighted by Crippen LogP contribution is 2.26. The Balaban J connectivity index is 2.89. The molecule has 0 aliphatic rings. The molecule has 0 aliphatic heterocycles. The van der Waals surface area contributed by atoms with E-state index in [4.69, 9.17) is 4.74 Å². The minimum atomic E-state index is -0.923. The summed E-state index contributed by atoms with van der Waals surface area (Å²) in [4.78, 5) is 21.1. The maximum absolute atomic E-state index is 11.1. The number of nitrogens with zero attached hydrogens (tertiary/aromatic N) is 3. The Kier molecular flexibility index (Phi) is 3.44. The second-order valence-corrected chi connectivity index (χ2v) is 3.00. The molecule has 1 heterocycles. The van der Waals surface area contributed by atoms with Crippen molar-refractivity contribution in [3.8, 4) is 5.75 Å². The van der Waals surface area contributed by atoms with Gasteiger partial charge in [0.1, 0.15) is 13.2 Å². The minimum Gasteiger partial charge on any atom is -0.470 e. The van der Waals surface area contributed by atoms with Gasteiger partial charge in [-0.05, 0) is 11.8 Å². The van der Waals surface area contributed by atoms with Gasteiger partial charge in [0.15, 0.2) is 6.10 Å². The lowest BCUT2D eigenvalue weighted by atomic mass is 10.4. The third-order valence-electron chi connectivity index (χ3n) is 1.88. The second kappa shape index (κ2) is 4.60. The van der Waals surface area contributed by atoms with Crippen LogP contribution in [0.15, 0.2) is 6.20 Å². The van der Waals surface area contributed by atoms with Crippen molar-refractivity contribution in [1.82, 2.24) is 9.78 Å². The van der Waals surface area contributed by atoms with Crippen LogP contribution in [-0.2, 0) is 16.6 Å². The van der Waals surface area contributed by atoms with Crippen molar-refractivity contribution in [2.45, 2.75) is 13.0 Å². The fourth-order valence-electron chi connectivity index (χ4n) is 1.11. The number of rotatable bonds is 4. The van der Waals surface area contributed by atoms with E-state index in [1.165, 1.54) is 27.3 Å². The summed E-state index contributed by atoms with van der Waals surface area (Å²) in [6.45, 7) is 1.43. The van der Waals surface area contributed by atoms with Gasteiger partial charge in [-0.3, -0.25) is 0 Å². The molecule has 1 rings (SSSR count). The van der Waals surface area contributed by atoms with Crippen LogP contribution in [0, 0.1) is 10.1 Å². The van der Waals surface area contributed by atoms with Crippen LogP contribution in [0.3, 0.4) is 0 Å². The van der Waals surface area contributed by atoms with Gasteiger partial charge < -0.3 is 19.6 Å². The lowest BCUT2D eigenvalue weighted by Gasteiger charge is -2.09. The predicted molar refractivity (Wildman–Crippen MR) is 52.0 cm³/mol. The Bertz CT molecular complexity index is 414. The van der Waals surface area contributed by atoms with Gasteiger partial charge in [-0.1, -0.05) is 5.10 Å². The Morgan fingerprint density at radius 2 is 2.31 bits per heavy atom. The maximum atomic E-state index is 11.1. The summed E-state index contributed by atoms with van der Waals surface area (Å²) in [5.74, 6) is -0.987. The van der Waals surface area contributed by atoms with Crippen molar-refractivity contribution >= 4 is 11.8 Å². The van der Waals surface area contributed by atoms with Crippen molar-refractivity contribution < 1.29 is 19.2 Å². The van der Waals surface area contributed by atoms with Crippen molar-refractivity contribution in [2.24, 2.45) is 7.05 Å². The smallest absolute Gasteiger partial charge is 0.387 e. The number of carbonyl (C=O) groups excluding carboxylic acids is 1. The molecule has 0 aromatic carbocycles. The third-order valence-corrected chi connectivity index (χ3v) is 1.88. The topological polar surface area (TPSA) is 96.5 Å². The number of aryl methyl sites for hydroxylation is 1. The summed E-state index contributed by atoms with van der Waals surface area (Å²) < 4.78 is 10.6. The molecule has 1 aromatic heterocycles. The number of nitro groups is 1. The summed E-state index contributed by atoms with van der Waals surface area (Å²) in [6.07, 6.45) is 0.255. The molecule has 0 aliphatic carbocycles. The number of ether oxygens (including phenoxy) is 2. The largest absolute Gasteiger partial charge is 0.470 e. The lowest BCUT2D eigenvalue weighted by molar-refractivity contribution is -0.393. The number of esters is 1. The first-order valence-corrected chi connectivity index (χ1v) is 4.38. The van der Waals surface area contributed by atoms with Crippen LogP contribution in [0.4, 0.5) is 5.82 Å². The van der Waals surface area contributed by atoms with Crippen LogP contribution in [0.1, 0.15) is 6.92 Å². The molecule has 0 amide bonds. The Hall–Kier alpha value is -2.12. The first-order valence-electron chi connectivity index (χ1n) is 4.38. The molecule has 1 atom stereocenters. The molecular formula is C8H11N3O5. The second-order valence-electron chi connectivity index (χ2n) is 3.00. The molecule has 88 valence electrons. The van der Waals surface area contributed by atoms with Gasteiger partial charge in [-0.25, -0.2) is 4.79 Å². The van der Waals surface area contributed by atoms with Gasteiger partial charge in [-0.2, -0.15) is 0 Å². The molecule has 0 N–H and O–H groups in total. The highest BCUT2D eigenvalue weighted by molar-refractivity contribution is 5.74. The van der Waals surface area contributed by atoms with Gasteiger partial charge in [0.2, 0.25) is 5.75 Å². The van der Waals surface area contributed by atoms with E-state index < -0.39 is 17.0 Å². The fourth-order valence-corrected chi connectivity index (χ4v) is 1.11. The Morgan fingerprint density at radius 3 is 2.81 bits per heavy atom. The molecule has 0 saturated heterocycles. The van der Waals surface area contributed by atoms with E-state index in [1.54, 1.807) is 0 Å². The third kappa shape index (κ3) is 2.27. The van der Waals surface area contributed by atoms with Gasteiger partial charge in [0, 0.05) is 0 Å².